The van der Waals surface area contributed by atoms with Gasteiger partial charge in [-0.1, -0.05) is 0 Å². The van der Waals surface area contributed by atoms with E-state index in [9.17, 15) is 9.59 Å². The lowest BCUT2D eigenvalue weighted by Crippen LogP contribution is -2.47. The minimum atomic E-state index is -1.94. The Labute approximate surface area is 79.2 Å². The number of aliphatic hydroxyl groups excluding tert-OH is 4. The average Bonchev–Trinajstić information content (AvgIpc) is 2.12. The number of carbonyl (C=O) groups is 2. The van der Waals surface area contributed by atoms with Crippen molar-refractivity contribution in [1.29, 1.82) is 0 Å². The highest BCUT2D eigenvalue weighted by molar-refractivity contribution is 7.96. The van der Waals surface area contributed by atoms with Gasteiger partial charge in [-0.3, -0.25) is 4.79 Å². The fourth-order valence-corrected chi connectivity index (χ4v) is 0.768. The van der Waals surface area contributed by atoms with Crippen LogP contribution in [0.5, 0.6) is 0 Å². The Balaban J connectivity index is 4.32. The summed E-state index contributed by atoms with van der Waals surface area (Å²) in [6.07, 6.45) is -7.66. The second kappa shape index (κ2) is 5.30. The first-order valence-corrected chi connectivity index (χ1v) is 3.77. The van der Waals surface area contributed by atoms with E-state index in [1.807, 2.05) is 0 Å². The zero-order chi connectivity index (χ0) is 10.6. The third kappa shape index (κ3) is 3.41. The Morgan fingerprint density at radius 1 is 1.15 bits per heavy atom. The van der Waals surface area contributed by atoms with Crippen LogP contribution in [0.2, 0.25) is 0 Å². The minimum absolute atomic E-state index is 0.0242. The highest BCUT2D eigenvalue weighted by atomic mass is 32.1. The maximum atomic E-state index is 10.4. The van der Waals surface area contributed by atoms with E-state index in [-0.39, 0.29) is 6.29 Å². The number of thiol groups is 1. The van der Waals surface area contributed by atoms with Gasteiger partial charge in [0.1, 0.15) is 18.3 Å². The monoisotopic (exact) mass is 210 g/mol. The van der Waals surface area contributed by atoms with Crippen LogP contribution in [0.25, 0.3) is 0 Å². The highest BCUT2D eigenvalue weighted by Crippen LogP contribution is 2.06. The molecule has 0 aromatic heterocycles. The summed E-state index contributed by atoms with van der Waals surface area (Å²) in [5, 5.41) is 34.4. The number of aldehydes is 1. The van der Waals surface area contributed by atoms with Crippen molar-refractivity contribution in [3.05, 3.63) is 0 Å². The molecule has 0 heterocycles. The molecule has 0 aliphatic carbocycles. The first-order valence-electron chi connectivity index (χ1n) is 3.32. The molecule has 76 valence electrons. The van der Waals surface area contributed by atoms with Gasteiger partial charge in [-0.05, 0) is 0 Å². The molecule has 4 atom stereocenters. The summed E-state index contributed by atoms with van der Waals surface area (Å²) in [6, 6.07) is 0. The van der Waals surface area contributed by atoms with E-state index in [1.54, 1.807) is 0 Å². The minimum Gasteiger partial charge on any atom is -0.387 e. The zero-order valence-corrected chi connectivity index (χ0v) is 7.33. The molecule has 0 bridgehead atoms. The van der Waals surface area contributed by atoms with Gasteiger partial charge in [0.05, 0.1) is 0 Å². The second-order valence-electron chi connectivity index (χ2n) is 2.39. The van der Waals surface area contributed by atoms with Gasteiger partial charge in [0.2, 0.25) is 5.12 Å². The van der Waals surface area contributed by atoms with E-state index in [0.29, 0.717) is 0 Å². The number of rotatable bonds is 5. The number of hydrogen-bond acceptors (Lipinski definition) is 6. The number of hydrogen-bond donors (Lipinski definition) is 5. The molecule has 0 aliphatic heterocycles. The SMILES string of the molecule is O=C[C@H](O)[C@@H](O)[C@@H](O)[C@H](O)C(=O)S. The molecule has 0 radical (unpaired) electrons. The molecule has 0 aromatic carbocycles. The van der Waals surface area contributed by atoms with Crippen molar-refractivity contribution in [2.75, 3.05) is 0 Å². The van der Waals surface area contributed by atoms with E-state index in [2.05, 4.69) is 12.6 Å². The van der Waals surface area contributed by atoms with Crippen LogP contribution in [0.15, 0.2) is 0 Å². The van der Waals surface area contributed by atoms with E-state index in [0.717, 1.165) is 0 Å². The van der Waals surface area contributed by atoms with Crippen molar-refractivity contribution in [2.24, 2.45) is 0 Å². The maximum absolute atomic E-state index is 10.4. The van der Waals surface area contributed by atoms with E-state index < -0.39 is 29.5 Å². The summed E-state index contributed by atoms with van der Waals surface area (Å²) in [5.41, 5.74) is 0. The van der Waals surface area contributed by atoms with Gasteiger partial charge in [-0.15, -0.1) is 12.6 Å². The fourth-order valence-electron chi connectivity index (χ4n) is 0.615. The second-order valence-corrected chi connectivity index (χ2v) is 2.83. The first kappa shape index (κ1) is 12.5. The molecule has 0 aliphatic rings. The lowest BCUT2D eigenvalue weighted by atomic mass is 10.0. The normalized spacial score (nSPS) is 20.1. The van der Waals surface area contributed by atoms with Crippen LogP contribution >= 0.6 is 12.6 Å². The van der Waals surface area contributed by atoms with Gasteiger partial charge in [-0.25, -0.2) is 0 Å². The smallest absolute Gasteiger partial charge is 0.217 e. The average molecular weight is 210 g/mol. The van der Waals surface area contributed by atoms with Gasteiger partial charge in [-0.2, -0.15) is 0 Å². The van der Waals surface area contributed by atoms with Gasteiger partial charge in [0, 0.05) is 0 Å². The Hall–Kier alpha value is -0.470. The first-order chi connectivity index (χ1) is 5.91. The van der Waals surface area contributed by atoms with Gasteiger partial charge < -0.3 is 25.2 Å². The predicted molar refractivity (Wildman–Crippen MR) is 44.1 cm³/mol. The third-order valence-corrected chi connectivity index (χ3v) is 1.68. The Bertz CT molecular complexity index is 196. The summed E-state index contributed by atoms with van der Waals surface area (Å²) < 4.78 is 0. The van der Waals surface area contributed by atoms with Crippen molar-refractivity contribution in [3.8, 4) is 0 Å². The molecule has 4 N–H and O–H groups in total. The molecule has 0 saturated heterocycles. The molecule has 0 fully saturated rings. The topological polar surface area (TPSA) is 115 Å². The predicted octanol–water partition coefficient (Wildman–Crippen LogP) is -2.91. The van der Waals surface area contributed by atoms with Crippen LogP contribution in [-0.4, -0.2) is 56.2 Å². The van der Waals surface area contributed by atoms with Crippen molar-refractivity contribution in [3.63, 3.8) is 0 Å². The lowest BCUT2D eigenvalue weighted by molar-refractivity contribution is -0.142. The van der Waals surface area contributed by atoms with Gasteiger partial charge in [0.15, 0.2) is 12.4 Å². The Morgan fingerprint density at radius 2 is 1.62 bits per heavy atom. The fraction of sp³-hybridized carbons (Fsp3) is 0.667. The quantitative estimate of drug-likeness (QED) is 0.245. The molecule has 0 saturated carbocycles. The zero-order valence-electron chi connectivity index (χ0n) is 6.44. The largest absolute Gasteiger partial charge is 0.387 e. The molecule has 0 unspecified atom stereocenters. The van der Waals surface area contributed by atoms with Gasteiger partial charge >= 0.3 is 0 Å². The summed E-state index contributed by atoms with van der Waals surface area (Å²) in [7, 11) is 0. The van der Waals surface area contributed by atoms with E-state index in [1.165, 1.54) is 0 Å². The van der Waals surface area contributed by atoms with Crippen molar-refractivity contribution in [1.82, 2.24) is 0 Å². The van der Waals surface area contributed by atoms with E-state index in [4.69, 9.17) is 20.4 Å². The van der Waals surface area contributed by atoms with Crippen LogP contribution in [0.4, 0.5) is 0 Å². The summed E-state index contributed by atoms with van der Waals surface area (Å²) in [4.78, 5) is 20.3. The van der Waals surface area contributed by atoms with Crippen LogP contribution in [0.1, 0.15) is 0 Å². The van der Waals surface area contributed by atoms with Crippen molar-refractivity contribution in [2.45, 2.75) is 24.4 Å². The molecular weight excluding hydrogens is 200 g/mol. The molecule has 0 rings (SSSR count). The summed E-state index contributed by atoms with van der Waals surface area (Å²) >= 11 is 3.19. The Morgan fingerprint density at radius 3 is 1.92 bits per heavy atom. The molecular formula is C6H10O6S. The number of carbonyl (C=O) groups excluding carboxylic acids is 2. The van der Waals surface area contributed by atoms with Crippen LogP contribution < -0.4 is 0 Å². The van der Waals surface area contributed by atoms with Gasteiger partial charge in [0.25, 0.3) is 0 Å². The van der Waals surface area contributed by atoms with Crippen LogP contribution in [-0.2, 0) is 9.59 Å². The molecule has 0 amide bonds. The van der Waals surface area contributed by atoms with Crippen molar-refractivity contribution < 1.29 is 30.0 Å². The van der Waals surface area contributed by atoms with Crippen molar-refractivity contribution >= 4 is 24.0 Å². The molecule has 0 spiro atoms. The summed E-state index contributed by atoms with van der Waals surface area (Å²) in [5.74, 6) is 0. The lowest BCUT2D eigenvalue weighted by Gasteiger charge is -2.21. The highest BCUT2D eigenvalue weighted by Gasteiger charge is 2.32. The maximum Gasteiger partial charge on any atom is 0.217 e. The molecule has 7 heteroatoms. The third-order valence-electron chi connectivity index (χ3n) is 1.42. The molecule has 6 nitrogen and oxygen atoms in total. The Kier molecular flexibility index (Phi) is 5.11. The number of aliphatic hydroxyl groups is 4. The molecule has 13 heavy (non-hydrogen) atoms. The van der Waals surface area contributed by atoms with Crippen LogP contribution in [0, 0.1) is 0 Å². The molecule has 0 aromatic rings. The van der Waals surface area contributed by atoms with Crippen LogP contribution in [0.3, 0.4) is 0 Å². The standard InChI is InChI=1S/C6H10O6S/c7-1-2(8)3(9)4(10)5(11)6(12)13/h1-5,8-11H,(H,12,13)/t2-,3+,4+,5-/m0/s1. The summed E-state index contributed by atoms with van der Waals surface area (Å²) in [6.45, 7) is 0. The van der Waals surface area contributed by atoms with E-state index >= 15 is 0 Å².